The van der Waals surface area contributed by atoms with E-state index in [1.54, 1.807) is 6.07 Å². The molecule has 0 fully saturated rings. The number of hydrogen-bond donors (Lipinski definition) is 2. The fourth-order valence-electron chi connectivity index (χ4n) is 1.65. The van der Waals surface area contributed by atoms with Crippen LogP contribution in [0, 0.1) is 11.4 Å². The van der Waals surface area contributed by atoms with Gasteiger partial charge in [-0.05, 0) is 36.9 Å². The third-order valence-electron chi connectivity index (χ3n) is 2.83. The van der Waals surface area contributed by atoms with E-state index in [1.165, 1.54) is 12.1 Å². The smallest absolute Gasteiger partial charge is 0.225 e. The fraction of sp³-hybridized carbons (Fsp3) is 0.538. The molecule has 0 saturated carbocycles. The second kappa shape index (κ2) is 6.44. The number of hydrogen-bond acceptors (Lipinski definition) is 3. The van der Waals surface area contributed by atoms with Gasteiger partial charge in [-0.2, -0.15) is 4.39 Å². The van der Waals surface area contributed by atoms with Crippen LogP contribution in [0.2, 0.25) is 0 Å². The molecule has 0 spiro atoms. The topological polar surface area (TPSA) is 68.0 Å². The monoisotopic (exact) mass is 253 g/mol. The van der Waals surface area contributed by atoms with E-state index >= 15 is 0 Å². The van der Waals surface area contributed by atoms with Crippen LogP contribution < -0.4 is 11.1 Å². The van der Waals surface area contributed by atoms with Crippen molar-refractivity contribution in [1.29, 1.82) is 0 Å². The highest BCUT2D eigenvalue weighted by atomic mass is 19.1. The van der Waals surface area contributed by atoms with E-state index in [4.69, 9.17) is 5.73 Å². The van der Waals surface area contributed by atoms with E-state index in [0.717, 1.165) is 12.8 Å². The Labute approximate surface area is 107 Å². The molecule has 100 valence electrons. The SMILES string of the molecule is CC(C)(CCN)CCC(=O)Nc1cccc(F)n1. The molecule has 1 rings (SSSR count). The van der Waals surface area contributed by atoms with Crippen molar-refractivity contribution in [2.24, 2.45) is 11.1 Å². The maximum absolute atomic E-state index is 12.8. The van der Waals surface area contributed by atoms with E-state index in [-0.39, 0.29) is 17.1 Å². The summed E-state index contributed by atoms with van der Waals surface area (Å²) in [5.74, 6) is -0.508. The highest BCUT2D eigenvalue weighted by Crippen LogP contribution is 2.25. The quantitative estimate of drug-likeness (QED) is 0.764. The maximum Gasteiger partial charge on any atom is 0.225 e. The average Bonchev–Trinajstić information content (AvgIpc) is 2.26. The molecular formula is C13H20FN3O. The van der Waals surface area contributed by atoms with Gasteiger partial charge >= 0.3 is 0 Å². The summed E-state index contributed by atoms with van der Waals surface area (Å²) in [6.45, 7) is 4.77. The van der Waals surface area contributed by atoms with Crippen LogP contribution in [-0.4, -0.2) is 17.4 Å². The van der Waals surface area contributed by atoms with Crippen molar-refractivity contribution >= 4 is 11.7 Å². The molecule has 5 heteroatoms. The first-order chi connectivity index (χ1) is 8.43. The third-order valence-corrected chi connectivity index (χ3v) is 2.83. The molecule has 0 aliphatic rings. The summed E-state index contributed by atoms with van der Waals surface area (Å²) >= 11 is 0. The lowest BCUT2D eigenvalue weighted by Gasteiger charge is -2.23. The Morgan fingerprint density at radius 2 is 2.17 bits per heavy atom. The van der Waals surface area contributed by atoms with Gasteiger partial charge in [0.2, 0.25) is 11.9 Å². The van der Waals surface area contributed by atoms with Gasteiger partial charge in [0.15, 0.2) is 0 Å². The van der Waals surface area contributed by atoms with Crippen LogP contribution in [0.5, 0.6) is 0 Å². The molecule has 1 aromatic rings. The van der Waals surface area contributed by atoms with Gasteiger partial charge in [0.05, 0.1) is 0 Å². The van der Waals surface area contributed by atoms with Gasteiger partial charge in [-0.3, -0.25) is 4.79 Å². The van der Waals surface area contributed by atoms with E-state index < -0.39 is 5.95 Å². The molecule has 0 unspecified atom stereocenters. The molecule has 0 aliphatic heterocycles. The molecule has 1 aromatic heterocycles. The first-order valence-corrected chi connectivity index (χ1v) is 6.05. The van der Waals surface area contributed by atoms with Crippen LogP contribution in [0.15, 0.2) is 18.2 Å². The number of nitrogens with zero attached hydrogens (tertiary/aromatic N) is 1. The molecule has 1 heterocycles. The molecule has 0 aliphatic carbocycles. The minimum Gasteiger partial charge on any atom is -0.330 e. The van der Waals surface area contributed by atoms with E-state index in [9.17, 15) is 9.18 Å². The number of anilines is 1. The van der Waals surface area contributed by atoms with Crippen molar-refractivity contribution in [3.8, 4) is 0 Å². The van der Waals surface area contributed by atoms with Crippen LogP contribution in [-0.2, 0) is 4.79 Å². The number of nitrogens with one attached hydrogen (secondary N) is 1. The first kappa shape index (κ1) is 14.6. The van der Waals surface area contributed by atoms with Crippen LogP contribution >= 0.6 is 0 Å². The number of amides is 1. The number of nitrogens with two attached hydrogens (primary N) is 1. The standard InChI is InChI=1S/C13H20FN3O/c1-13(2,8-9-15)7-6-12(18)17-11-5-3-4-10(14)16-11/h3-5H,6-9,15H2,1-2H3,(H,16,17,18). The Morgan fingerprint density at radius 1 is 1.44 bits per heavy atom. The van der Waals surface area contributed by atoms with Gasteiger partial charge in [0.1, 0.15) is 5.82 Å². The minimum absolute atomic E-state index is 0.0431. The summed E-state index contributed by atoms with van der Waals surface area (Å²) in [4.78, 5) is 15.2. The molecule has 0 saturated heterocycles. The summed E-state index contributed by atoms with van der Waals surface area (Å²) in [5, 5.41) is 2.58. The number of pyridine rings is 1. The number of rotatable bonds is 6. The minimum atomic E-state index is -0.601. The summed E-state index contributed by atoms with van der Waals surface area (Å²) in [5.41, 5.74) is 5.55. The van der Waals surface area contributed by atoms with E-state index in [2.05, 4.69) is 24.1 Å². The fourth-order valence-corrected chi connectivity index (χ4v) is 1.65. The lowest BCUT2D eigenvalue weighted by atomic mass is 9.84. The molecule has 18 heavy (non-hydrogen) atoms. The van der Waals surface area contributed by atoms with Crippen LogP contribution in [0.1, 0.15) is 33.1 Å². The van der Waals surface area contributed by atoms with Crippen LogP contribution in [0.3, 0.4) is 0 Å². The van der Waals surface area contributed by atoms with Crippen molar-refractivity contribution in [2.75, 3.05) is 11.9 Å². The molecule has 4 nitrogen and oxygen atoms in total. The molecule has 3 N–H and O–H groups in total. The van der Waals surface area contributed by atoms with Gasteiger partial charge < -0.3 is 11.1 Å². The molecule has 0 atom stereocenters. The molecule has 0 aromatic carbocycles. The number of aromatic nitrogens is 1. The third kappa shape index (κ3) is 5.23. The highest BCUT2D eigenvalue weighted by molar-refractivity contribution is 5.89. The Kier molecular flexibility index (Phi) is 5.22. The Balaban J connectivity index is 2.43. The van der Waals surface area contributed by atoms with Gasteiger partial charge in [-0.25, -0.2) is 4.98 Å². The van der Waals surface area contributed by atoms with Crippen molar-refractivity contribution in [3.63, 3.8) is 0 Å². The predicted octanol–water partition coefficient (Wildman–Crippen LogP) is 2.31. The van der Waals surface area contributed by atoms with E-state index in [1.807, 2.05) is 0 Å². The number of carbonyl (C=O) groups is 1. The Bertz CT molecular complexity index is 407. The second-order valence-electron chi connectivity index (χ2n) is 5.10. The predicted molar refractivity (Wildman–Crippen MR) is 69.5 cm³/mol. The van der Waals surface area contributed by atoms with Crippen molar-refractivity contribution in [1.82, 2.24) is 4.98 Å². The van der Waals surface area contributed by atoms with Gasteiger partial charge in [-0.15, -0.1) is 0 Å². The molecule has 0 bridgehead atoms. The highest BCUT2D eigenvalue weighted by Gasteiger charge is 2.18. The zero-order valence-electron chi connectivity index (χ0n) is 10.9. The zero-order valence-corrected chi connectivity index (χ0v) is 10.9. The lowest BCUT2D eigenvalue weighted by Crippen LogP contribution is -2.21. The second-order valence-corrected chi connectivity index (χ2v) is 5.10. The lowest BCUT2D eigenvalue weighted by molar-refractivity contribution is -0.116. The number of halogens is 1. The van der Waals surface area contributed by atoms with Crippen molar-refractivity contribution in [2.45, 2.75) is 33.1 Å². The summed E-state index contributed by atoms with van der Waals surface area (Å²) < 4.78 is 12.8. The van der Waals surface area contributed by atoms with Gasteiger partial charge in [-0.1, -0.05) is 19.9 Å². The van der Waals surface area contributed by atoms with Gasteiger partial charge in [0.25, 0.3) is 0 Å². The zero-order chi connectivity index (χ0) is 13.6. The summed E-state index contributed by atoms with van der Waals surface area (Å²) in [7, 11) is 0. The van der Waals surface area contributed by atoms with Crippen LogP contribution in [0.4, 0.5) is 10.2 Å². The molecule has 1 amide bonds. The number of carbonyl (C=O) groups excluding carboxylic acids is 1. The molecule has 0 radical (unpaired) electrons. The summed E-state index contributed by atoms with van der Waals surface area (Å²) in [6.07, 6.45) is 2.00. The van der Waals surface area contributed by atoms with Crippen molar-refractivity contribution < 1.29 is 9.18 Å². The normalized spacial score (nSPS) is 11.3. The first-order valence-electron chi connectivity index (χ1n) is 6.05. The summed E-state index contributed by atoms with van der Waals surface area (Å²) in [6, 6.07) is 4.31. The van der Waals surface area contributed by atoms with Crippen molar-refractivity contribution in [3.05, 3.63) is 24.1 Å². The van der Waals surface area contributed by atoms with Gasteiger partial charge in [0, 0.05) is 6.42 Å². The largest absolute Gasteiger partial charge is 0.330 e. The van der Waals surface area contributed by atoms with E-state index in [0.29, 0.717) is 13.0 Å². The Morgan fingerprint density at radius 3 is 2.78 bits per heavy atom. The van der Waals surface area contributed by atoms with Crippen LogP contribution in [0.25, 0.3) is 0 Å². The average molecular weight is 253 g/mol. The Hall–Kier alpha value is -1.49. The molecular weight excluding hydrogens is 233 g/mol. The maximum atomic E-state index is 12.8.